The van der Waals surface area contributed by atoms with Gasteiger partial charge in [0.05, 0.1) is 11.4 Å². The van der Waals surface area contributed by atoms with E-state index < -0.39 is 11.9 Å². The van der Waals surface area contributed by atoms with E-state index in [0.29, 0.717) is 51.3 Å². The molecule has 0 unspecified atom stereocenters. The van der Waals surface area contributed by atoms with Crippen LogP contribution in [0.25, 0.3) is 50.4 Å². The van der Waals surface area contributed by atoms with Crippen molar-refractivity contribution < 1.29 is 49.2 Å². The molecular weight excluding hydrogens is 610 g/mol. The zero-order valence-corrected chi connectivity index (χ0v) is 28.8. The van der Waals surface area contributed by atoms with Gasteiger partial charge in [0.25, 0.3) is 11.4 Å². The van der Waals surface area contributed by atoms with E-state index in [2.05, 4.69) is 6.58 Å². The Kier molecular flexibility index (Phi) is 9.45. The quantitative estimate of drug-likeness (QED) is 0.152. The number of fused-ring (bicyclic) bond motifs is 8. The van der Waals surface area contributed by atoms with Gasteiger partial charge in [-0.25, -0.2) is 4.98 Å². The summed E-state index contributed by atoms with van der Waals surface area (Å²) in [5.41, 5.74) is 11.9. The number of carbonyl (C=O) groups is 2. The molecule has 8 bridgehead atoms. The number of aromatic nitrogens is 4. The number of carboxylic acid groups (broad SMARTS) is 2. The van der Waals surface area contributed by atoms with Gasteiger partial charge in [-0.2, -0.15) is 0 Å². The van der Waals surface area contributed by atoms with E-state index in [1.165, 1.54) is 4.73 Å². The van der Waals surface area contributed by atoms with Gasteiger partial charge in [-0.15, -0.1) is 22.1 Å². The summed E-state index contributed by atoms with van der Waals surface area (Å²) in [6, 6.07) is 7.41. The number of carboxylic acids is 2. The number of allylic oxidation sites excluding steroid dienone is 4. The molecule has 44 heavy (non-hydrogen) atoms. The number of aliphatic carboxylic acids is 2. The molecule has 2 aliphatic rings. The van der Waals surface area contributed by atoms with E-state index in [-0.39, 0.29) is 45.2 Å². The van der Waals surface area contributed by atoms with Gasteiger partial charge in [-0.1, -0.05) is 48.4 Å². The van der Waals surface area contributed by atoms with Crippen molar-refractivity contribution in [1.82, 2.24) is 15.0 Å². The molecular formula is C34H35N4O5Zn+. The van der Waals surface area contributed by atoms with Crippen LogP contribution in [0.15, 0.2) is 30.8 Å². The van der Waals surface area contributed by atoms with Crippen molar-refractivity contribution in [2.45, 2.75) is 66.7 Å². The molecule has 0 spiro atoms. The van der Waals surface area contributed by atoms with Crippen molar-refractivity contribution in [3.05, 3.63) is 75.9 Å². The smallest absolute Gasteiger partial charge is 0.657 e. The Morgan fingerprint density at radius 2 is 1.41 bits per heavy atom. The zero-order valence-electron chi connectivity index (χ0n) is 25.8. The third-order valence-corrected chi connectivity index (χ3v) is 8.51. The molecule has 3 aromatic heterocycles. The molecule has 3 aromatic rings. The van der Waals surface area contributed by atoms with Crippen molar-refractivity contribution >= 4 is 62.4 Å². The zero-order chi connectivity index (χ0) is 31.2. The van der Waals surface area contributed by atoms with Gasteiger partial charge in [0.2, 0.25) is 0 Å². The van der Waals surface area contributed by atoms with Crippen molar-refractivity contribution in [3.8, 4) is 0 Å². The SMILES string of the molecule is C=Cc1c(C)c2cc3[n+](O)c(cc4[n-]c(cc5nc(cc1[n-]2)C(C)=C5CCC(=O)O)c(CCC(=O)O)c4C)C(C)=C3CC.[Zn+2]. The standard InChI is InChI=1S/C34H36N4O5.Zn/c1-7-21-17(3)27-16-32-22(8-2)20(6)31(38(32)43)15-26-19(5)24(10-12-34(41)42)30(37-26)14-29-23(9-11-33(39)40)18(4)25(35-29)13-28(21)36-27;/h7,13-16,43H,1,8-12H2,2-6H3,(H3,35,36,37,39,40,41,42);/q;+2/p-1. The Bertz CT molecular complexity index is 1940. The number of nitrogens with zero attached hydrogens (tertiary/aromatic N) is 4. The van der Waals surface area contributed by atoms with Crippen LogP contribution < -0.4 is 14.7 Å². The molecule has 0 aliphatic carbocycles. The maximum absolute atomic E-state index is 11.5. The molecule has 0 atom stereocenters. The van der Waals surface area contributed by atoms with E-state index >= 15 is 0 Å². The van der Waals surface area contributed by atoms with E-state index in [4.69, 9.17) is 15.0 Å². The Hall–Kier alpha value is -4.30. The molecule has 2 aliphatic heterocycles. The van der Waals surface area contributed by atoms with Gasteiger partial charge < -0.3 is 20.2 Å². The second kappa shape index (κ2) is 12.7. The van der Waals surface area contributed by atoms with E-state index in [9.17, 15) is 25.0 Å². The topological polar surface area (TPSA) is 140 Å². The van der Waals surface area contributed by atoms with Crippen molar-refractivity contribution in [2.24, 2.45) is 0 Å². The van der Waals surface area contributed by atoms with Crippen molar-refractivity contribution in [3.63, 3.8) is 0 Å². The normalized spacial score (nSPS) is 12.8. The van der Waals surface area contributed by atoms with Crippen LogP contribution in [-0.4, -0.2) is 32.3 Å². The number of aryl methyl sites for hydroxylation is 3. The molecule has 0 saturated heterocycles. The summed E-state index contributed by atoms with van der Waals surface area (Å²) >= 11 is 0. The van der Waals surface area contributed by atoms with Crippen LogP contribution in [-0.2, 0) is 35.5 Å². The van der Waals surface area contributed by atoms with Crippen molar-refractivity contribution in [2.75, 3.05) is 0 Å². The fourth-order valence-electron chi connectivity index (χ4n) is 6.03. The summed E-state index contributed by atoms with van der Waals surface area (Å²) in [6.07, 6.45) is 2.84. The van der Waals surface area contributed by atoms with Gasteiger partial charge in [-0.05, 0) is 63.7 Å². The van der Waals surface area contributed by atoms with Gasteiger partial charge >= 0.3 is 31.4 Å². The Morgan fingerprint density at radius 1 is 0.818 bits per heavy atom. The molecule has 0 aromatic carbocycles. The van der Waals surface area contributed by atoms with Crippen LogP contribution in [0.3, 0.4) is 0 Å². The molecule has 0 saturated carbocycles. The first-order chi connectivity index (χ1) is 20.4. The minimum Gasteiger partial charge on any atom is -0.657 e. The summed E-state index contributed by atoms with van der Waals surface area (Å²) in [5, 5.41) is 30.4. The Labute approximate surface area is 268 Å². The first kappa shape index (κ1) is 32.6. The number of hydrogen-bond donors (Lipinski definition) is 3. The number of hydrogen-bond acceptors (Lipinski definition) is 4. The van der Waals surface area contributed by atoms with Crippen LogP contribution in [0.1, 0.15) is 91.5 Å². The third kappa shape index (κ3) is 5.78. The monoisotopic (exact) mass is 643 g/mol. The summed E-state index contributed by atoms with van der Waals surface area (Å²) in [5.74, 6) is -1.83. The minimum absolute atomic E-state index is 0. The van der Waals surface area contributed by atoms with Gasteiger partial charge in [-0.3, -0.25) is 14.8 Å². The van der Waals surface area contributed by atoms with E-state index in [0.717, 1.165) is 44.5 Å². The minimum atomic E-state index is -0.917. The summed E-state index contributed by atoms with van der Waals surface area (Å²) in [7, 11) is 0. The second-order valence-electron chi connectivity index (χ2n) is 11.0. The first-order valence-electron chi connectivity index (χ1n) is 14.3. The molecule has 0 amide bonds. The second-order valence-corrected chi connectivity index (χ2v) is 11.0. The van der Waals surface area contributed by atoms with Crippen LogP contribution in [0.5, 0.6) is 0 Å². The largest absolute Gasteiger partial charge is 2.00 e. The van der Waals surface area contributed by atoms with Crippen LogP contribution in [0, 0.1) is 13.8 Å². The molecule has 0 fully saturated rings. The average Bonchev–Trinajstić information content (AvgIpc) is 3.59. The van der Waals surface area contributed by atoms with Crippen molar-refractivity contribution in [1.29, 1.82) is 0 Å². The number of rotatable bonds is 8. The molecule has 10 heteroatoms. The molecule has 0 radical (unpaired) electrons. The third-order valence-electron chi connectivity index (χ3n) is 8.51. The predicted octanol–water partition coefficient (Wildman–Crippen LogP) is 6.11. The predicted molar refractivity (Wildman–Crippen MR) is 166 cm³/mol. The van der Waals surface area contributed by atoms with E-state index in [1.54, 1.807) is 6.08 Å². The van der Waals surface area contributed by atoms with Gasteiger partial charge in [0, 0.05) is 40.9 Å². The van der Waals surface area contributed by atoms with E-state index in [1.807, 2.05) is 58.9 Å². The van der Waals surface area contributed by atoms with Gasteiger partial charge in [0.1, 0.15) is 0 Å². The maximum atomic E-state index is 11.5. The summed E-state index contributed by atoms with van der Waals surface area (Å²) < 4.78 is 1.18. The molecule has 3 N–H and O–H groups in total. The van der Waals surface area contributed by atoms with Gasteiger partial charge in [0.15, 0.2) is 0 Å². The Morgan fingerprint density at radius 3 is 2.05 bits per heavy atom. The van der Waals surface area contributed by atoms with Crippen LogP contribution in [0.4, 0.5) is 0 Å². The molecule has 9 nitrogen and oxygen atoms in total. The molecule has 222 valence electrons. The molecule has 5 rings (SSSR count). The molecule has 5 heterocycles. The first-order valence-corrected chi connectivity index (χ1v) is 14.3. The maximum Gasteiger partial charge on any atom is 2.00 e. The van der Waals surface area contributed by atoms with Crippen LogP contribution >= 0.6 is 0 Å². The Balaban J connectivity index is 0.00000442. The average molecular weight is 645 g/mol. The summed E-state index contributed by atoms with van der Waals surface area (Å²) in [4.78, 5) is 37.8. The summed E-state index contributed by atoms with van der Waals surface area (Å²) in [6.45, 7) is 13.8. The fourth-order valence-corrected chi connectivity index (χ4v) is 6.03. The van der Waals surface area contributed by atoms with Crippen LogP contribution in [0.2, 0.25) is 0 Å². The fraction of sp³-hybridized carbons (Fsp3) is 0.294.